The number of carbonyl (C=O) groups excluding carboxylic acids is 2. The summed E-state index contributed by atoms with van der Waals surface area (Å²) in [4.78, 5) is 23.9. The number of hydrogen-bond donors (Lipinski definition) is 5. The molecule has 7 heteroatoms. The molecule has 5 N–H and O–H groups in total. The van der Waals surface area contributed by atoms with E-state index in [0.29, 0.717) is 32.1 Å². The Morgan fingerprint density at radius 1 is 1.20 bits per heavy atom. The van der Waals surface area contributed by atoms with Gasteiger partial charge in [-0.05, 0) is 25.7 Å². The molecule has 1 aliphatic rings. The maximum atomic E-state index is 12.2. The SMILES string of the molecule is CCCCCC(O)C=C[C@H]1C(O)CC(=O)C1CC=CCCCC(=O)NC(CO)CO. The van der Waals surface area contributed by atoms with Crippen LogP contribution in [0.5, 0.6) is 0 Å². The summed E-state index contributed by atoms with van der Waals surface area (Å²) in [7, 11) is 0. The standard InChI is InChI=1S/C23H39NO6/c1-2-3-6-9-18(27)12-13-20-19(21(28)14-22(20)29)10-7-4-5-8-11-23(30)24-17(15-25)16-26/h4,7,12-13,17-20,22,25-27,29H,2-3,5-6,8-11,14-16H2,1H3,(H,24,30)/t18?,19?,20-,22?/m1/s1. The fourth-order valence-corrected chi connectivity index (χ4v) is 3.67. The Morgan fingerprint density at radius 2 is 1.93 bits per heavy atom. The lowest BCUT2D eigenvalue weighted by Crippen LogP contribution is -2.39. The van der Waals surface area contributed by atoms with Crippen LogP contribution in [0.4, 0.5) is 0 Å². The van der Waals surface area contributed by atoms with Gasteiger partial charge in [-0.25, -0.2) is 0 Å². The van der Waals surface area contributed by atoms with E-state index >= 15 is 0 Å². The lowest BCUT2D eigenvalue weighted by atomic mass is 9.90. The van der Waals surface area contributed by atoms with Gasteiger partial charge in [-0.1, -0.05) is 50.5 Å². The summed E-state index contributed by atoms with van der Waals surface area (Å²) in [6, 6.07) is -0.622. The normalized spacial score (nSPS) is 23.1. The highest BCUT2D eigenvalue weighted by atomic mass is 16.3. The summed E-state index contributed by atoms with van der Waals surface area (Å²) in [5, 5.41) is 40.7. The van der Waals surface area contributed by atoms with Crippen molar-refractivity contribution in [3.63, 3.8) is 0 Å². The molecule has 0 saturated heterocycles. The van der Waals surface area contributed by atoms with Crippen molar-refractivity contribution in [3.8, 4) is 0 Å². The highest BCUT2D eigenvalue weighted by Gasteiger charge is 2.39. The molecule has 0 radical (unpaired) electrons. The molecular formula is C23H39NO6. The molecule has 0 aromatic rings. The zero-order valence-corrected chi connectivity index (χ0v) is 18.1. The molecule has 3 unspecified atom stereocenters. The molecule has 7 nitrogen and oxygen atoms in total. The minimum atomic E-state index is -0.704. The number of aliphatic hydroxyl groups excluding tert-OH is 4. The lowest BCUT2D eigenvalue weighted by Gasteiger charge is -2.16. The van der Waals surface area contributed by atoms with Crippen LogP contribution in [0.15, 0.2) is 24.3 Å². The van der Waals surface area contributed by atoms with Crippen molar-refractivity contribution in [2.75, 3.05) is 13.2 Å². The van der Waals surface area contributed by atoms with E-state index < -0.39 is 18.2 Å². The Kier molecular flexibility index (Phi) is 13.5. The molecule has 0 aliphatic heterocycles. The van der Waals surface area contributed by atoms with Crippen molar-refractivity contribution in [1.29, 1.82) is 0 Å². The smallest absolute Gasteiger partial charge is 0.220 e. The van der Waals surface area contributed by atoms with Crippen LogP contribution in [0.25, 0.3) is 0 Å². The maximum Gasteiger partial charge on any atom is 0.220 e. The van der Waals surface area contributed by atoms with Gasteiger partial charge in [0.25, 0.3) is 0 Å². The van der Waals surface area contributed by atoms with E-state index in [-0.39, 0.29) is 43.2 Å². The van der Waals surface area contributed by atoms with Gasteiger partial charge in [0.15, 0.2) is 0 Å². The van der Waals surface area contributed by atoms with Crippen molar-refractivity contribution in [2.24, 2.45) is 11.8 Å². The van der Waals surface area contributed by atoms with Gasteiger partial charge in [-0.15, -0.1) is 0 Å². The van der Waals surface area contributed by atoms with Gasteiger partial charge in [0, 0.05) is 24.7 Å². The second-order valence-electron chi connectivity index (χ2n) is 8.10. The minimum absolute atomic E-state index is 0.0423. The number of Topliss-reactive ketones (excluding diaryl/α,β-unsaturated/α-hetero) is 1. The number of unbranched alkanes of at least 4 members (excludes halogenated alkanes) is 3. The van der Waals surface area contributed by atoms with Gasteiger partial charge in [-0.3, -0.25) is 9.59 Å². The first-order chi connectivity index (χ1) is 14.4. The number of allylic oxidation sites excluding steroid dienone is 2. The summed E-state index contributed by atoms with van der Waals surface area (Å²) in [5.41, 5.74) is 0. The van der Waals surface area contributed by atoms with E-state index in [0.717, 1.165) is 19.3 Å². The third-order valence-corrected chi connectivity index (χ3v) is 5.53. The number of hydrogen-bond acceptors (Lipinski definition) is 6. The van der Waals surface area contributed by atoms with Crippen LogP contribution in [0.3, 0.4) is 0 Å². The molecule has 1 saturated carbocycles. The topological polar surface area (TPSA) is 127 Å². The molecule has 0 heterocycles. The summed E-state index contributed by atoms with van der Waals surface area (Å²) in [5.74, 6) is -0.731. The van der Waals surface area contributed by atoms with E-state index in [1.165, 1.54) is 0 Å². The Bertz CT molecular complexity index is 558. The monoisotopic (exact) mass is 425 g/mol. The largest absolute Gasteiger partial charge is 0.394 e. The molecule has 0 aromatic heterocycles. The van der Waals surface area contributed by atoms with Crippen LogP contribution < -0.4 is 5.32 Å². The highest BCUT2D eigenvalue weighted by Crippen LogP contribution is 2.33. The lowest BCUT2D eigenvalue weighted by molar-refractivity contribution is -0.122. The van der Waals surface area contributed by atoms with Gasteiger partial charge in [0.1, 0.15) is 5.78 Å². The maximum absolute atomic E-state index is 12.2. The van der Waals surface area contributed by atoms with Gasteiger partial charge in [0.2, 0.25) is 5.91 Å². The third-order valence-electron chi connectivity index (χ3n) is 5.53. The van der Waals surface area contributed by atoms with Gasteiger partial charge >= 0.3 is 0 Å². The predicted molar refractivity (Wildman–Crippen MR) is 116 cm³/mol. The van der Waals surface area contributed by atoms with Gasteiger partial charge in [0.05, 0.1) is 31.5 Å². The number of carbonyl (C=O) groups is 2. The fourth-order valence-electron chi connectivity index (χ4n) is 3.67. The second kappa shape index (κ2) is 15.3. The molecule has 0 bridgehead atoms. The van der Waals surface area contributed by atoms with Crippen LogP contribution in [0.2, 0.25) is 0 Å². The fraction of sp³-hybridized carbons (Fsp3) is 0.739. The third kappa shape index (κ3) is 9.98. The average molecular weight is 426 g/mol. The van der Waals surface area contributed by atoms with Crippen LogP contribution in [0, 0.1) is 11.8 Å². The predicted octanol–water partition coefficient (Wildman–Crippen LogP) is 1.64. The van der Waals surface area contributed by atoms with Crippen LogP contribution in [-0.4, -0.2) is 63.6 Å². The van der Waals surface area contributed by atoms with E-state index in [4.69, 9.17) is 10.2 Å². The highest BCUT2D eigenvalue weighted by molar-refractivity contribution is 5.84. The second-order valence-corrected chi connectivity index (χ2v) is 8.10. The molecule has 1 amide bonds. The quantitative estimate of drug-likeness (QED) is 0.200. The molecule has 172 valence electrons. The number of amides is 1. The van der Waals surface area contributed by atoms with E-state index in [1.807, 2.05) is 12.2 Å². The zero-order valence-electron chi connectivity index (χ0n) is 18.1. The van der Waals surface area contributed by atoms with E-state index in [2.05, 4.69) is 12.2 Å². The first-order valence-electron chi connectivity index (χ1n) is 11.2. The number of nitrogens with one attached hydrogen (secondary N) is 1. The van der Waals surface area contributed by atoms with E-state index in [1.54, 1.807) is 12.2 Å². The van der Waals surface area contributed by atoms with Gasteiger partial charge < -0.3 is 25.7 Å². The Labute approximate surface area is 179 Å². The molecule has 1 rings (SSSR count). The molecule has 4 atom stereocenters. The zero-order chi connectivity index (χ0) is 22.4. The average Bonchev–Trinajstić information content (AvgIpc) is 2.99. The molecule has 1 aliphatic carbocycles. The summed E-state index contributed by atoms with van der Waals surface area (Å²) in [6.07, 6.45) is 12.2. The Hall–Kier alpha value is -1.54. The molecule has 0 aromatic carbocycles. The van der Waals surface area contributed by atoms with E-state index in [9.17, 15) is 19.8 Å². The van der Waals surface area contributed by atoms with Crippen molar-refractivity contribution in [3.05, 3.63) is 24.3 Å². The van der Waals surface area contributed by atoms with Crippen molar-refractivity contribution >= 4 is 11.7 Å². The van der Waals surface area contributed by atoms with Crippen molar-refractivity contribution in [2.45, 2.75) is 83.0 Å². The summed E-state index contributed by atoms with van der Waals surface area (Å²) < 4.78 is 0. The van der Waals surface area contributed by atoms with Crippen molar-refractivity contribution in [1.82, 2.24) is 5.32 Å². The Morgan fingerprint density at radius 3 is 2.60 bits per heavy atom. The van der Waals surface area contributed by atoms with Crippen LogP contribution >= 0.6 is 0 Å². The Balaban J connectivity index is 2.40. The molecule has 0 spiro atoms. The van der Waals surface area contributed by atoms with Crippen LogP contribution in [0.1, 0.15) is 64.7 Å². The van der Waals surface area contributed by atoms with Crippen molar-refractivity contribution < 1.29 is 30.0 Å². The first kappa shape index (κ1) is 26.5. The molecule has 30 heavy (non-hydrogen) atoms. The molecular weight excluding hydrogens is 386 g/mol. The first-order valence-corrected chi connectivity index (χ1v) is 11.2. The number of ketones is 1. The molecule has 1 fully saturated rings. The number of rotatable bonds is 15. The minimum Gasteiger partial charge on any atom is -0.394 e. The summed E-state index contributed by atoms with van der Waals surface area (Å²) in [6.45, 7) is 1.52. The summed E-state index contributed by atoms with van der Waals surface area (Å²) >= 11 is 0. The van der Waals surface area contributed by atoms with Crippen LogP contribution in [-0.2, 0) is 9.59 Å². The van der Waals surface area contributed by atoms with Gasteiger partial charge in [-0.2, -0.15) is 0 Å². The number of aliphatic hydroxyl groups is 4.